The Labute approximate surface area is 222 Å². The van der Waals surface area contributed by atoms with E-state index in [0.29, 0.717) is 24.7 Å². The quantitative estimate of drug-likeness (QED) is 0.551. The van der Waals surface area contributed by atoms with E-state index in [0.717, 1.165) is 64.1 Å². The molecule has 1 aromatic carbocycles. The van der Waals surface area contributed by atoms with Crippen LogP contribution in [-0.2, 0) is 14.3 Å². The molecular weight excluding hydrogens is 468 g/mol. The Morgan fingerprint density at radius 3 is 2.16 bits per heavy atom. The molecule has 3 aliphatic heterocycles. The minimum Gasteiger partial charge on any atom is -0.444 e. The summed E-state index contributed by atoms with van der Waals surface area (Å²) in [4.78, 5) is 40.0. The van der Waals surface area contributed by atoms with E-state index in [4.69, 9.17) is 4.74 Å². The number of carbonyl (C=O) groups excluding carboxylic acids is 3. The molecule has 206 valence electrons. The van der Waals surface area contributed by atoms with Gasteiger partial charge in [-0.3, -0.25) is 14.9 Å². The van der Waals surface area contributed by atoms with Gasteiger partial charge in [0, 0.05) is 31.7 Å². The van der Waals surface area contributed by atoms with Gasteiger partial charge in [0.1, 0.15) is 11.6 Å². The first-order valence-electron chi connectivity index (χ1n) is 14.1. The molecule has 8 heteroatoms. The van der Waals surface area contributed by atoms with Crippen LogP contribution in [0.1, 0.15) is 84.6 Å². The lowest BCUT2D eigenvalue weighted by molar-refractivity contribution is -0.133. The standard InChI is InChI=1S/C27H40N4O4.C2H6/c1-27(2,3)35-26(34)31-16-10-19(11-17-31)18-30-14-12-21(13-15-30)20-4-6-22(7-5-20)28-23-8-9-24(32)29-25(23)33;1-2/h4-7,19,21,23,28H,8-18H2,1-3H3,(H,29,32,33);1-2H3. The number of hydrogen-bond donors (Lipinski definition) is 2. The van der Waals surface area contributed by atoms with E-state index in [-0.39, 0.29) is 23.9 Å². The molecule has 0 aliphatic carbocycles. The Kier molecular flexibility index (Phi) is 10.4. The summed E-state index contributed by atoms with van der Waals surface area (Å²) in [5.41, 5.74) is 1.82. The average Bonchev–Trinajstić information content (AvgIpc) is 2.87. The number of carbonyl (C=O) groups is 3. The van der Waals surface area contributed by atoms with Crippen LogP contribution in [0.3, 0.4) is 0 Å². The number of benzene rings is 1. The van der Waals surface area contributed by atoms with Crippen molar-refractivity contribution in [2.24, 2.45) is 5.92 Å². The fourth-order valence-electron chi connectivity index (χ4n) is 5.32. The number of hydrogen-bond acceptors (Lipinski definition) is 6. The maximum absolute atomic E-state index is 12.3. The SMILES string of the molecule is CC.CC(C)(C)OC(=O)N1CCC(CN2CCC(c3ccc(NC4CCC(=O)NC4=O)cc3)CC2)CC1. The van der Waals surface area contributed by atoms with Crippen LogP contribution in [0.5, 0.6) is 0 Å². The second kappa shape index (κ2) is 13.3. The van der Waals surface area contributed by atoms with E-state index in [9.17, 15) is 14.4 Å². The second-order valence-corrected chi connectivity index (χ2v) is 11.3. The van der Waals surface area contributed by atoms with Gasteiger partial charge in [-0.05, 0) is 95.5 Å². The highest BCUT2D eigenvalue weighted by Crippen LogP contribution is 2.30. The lowest BCUT2D eigenvalue weighted by Crippen LogP contribution is -2.47. The highest BCUT2D eigenvalue weighted by molar-refractivity contribution is 6.01. The number of imide groups is 1. The summed E-state index contributed by atoms with van der Waals surface area (Å²) >= 11 is 0. The normalized spacial score (nSPS) is 22.1. The van der Waals surface area contributed by atoms with Crippen LogP contribution in [-0.4, -0.2) is 72.1 Å². The second-order valence-electron chi connectivity index (χ2n) is 11.3. The van der Waals surface area contributed by atoms with Crippen molar-refractivity contribution in [3.05, 3.63) is 29.8 Å². The minimum absolute atomic E-state index is 0.185. The molecule has 37 heavy (non-hydrogen) atoms. The molecule has 3 heterocycles. The van der Waals surface area contributed by atoms with Gasteiger partial charge >= 0.3 is 6.09 Å². The predicted molar refractivity (Wildman–Crippen MR) is 147 cm³/mol. The summed E-state index contributed by atoms with van der Waals surface area (Å²) < 4.78 is 5.51. The van der Waals surface area contributed by atoms with Crippen molar-refractivity contribution in [1.82, 2.24) is 15.1 Å². The van der Waals surface area contributed by atoms with Gasteiger partial charge in [0.2, 0.25) is 11.8 Å². The topological polar surface area (TPSA) is 91.0 Å². The van der Waals surface area contributed by atoms with Crippen molar-refractivity contribution < 1.29 is 19.1 Å². The Hall–Kier alpha value is -2.61. The summed E-state index contributed by atoms with van der Waals surface area (Å²) in [5, 5.41) is 5.64. The van der Waals surface area contributed by atoms with E-state index < -0.39 is 5.60 Å². The van der Waals surface area contributed by atoms with Crippen LogP contribution in [0.15, 0.2) is 24.3 Å². The monoisotopic (exact) mass is 514 g/mol. The number of ether oxygens (including phenoxy) is 1. The fourth-order valence-corrected chi connectivity index (χ4v) is 5.32. The molecule has 0 bridgehead atoms. The Morgan fingerprint density at radius 2 is 1.59 bits per heavy atom. The lowest BCUT2D eigenvalue weighted by Gasteiger charge is -2.38. The van der Waals surface area contributed by atoms with Crippen LogP contribution < -0.4 is 10.6 Å². The third-order valence-electron chi connectivity index (χ3n) is 7.33. The molecule has 3 saturated heterocycles. The Balaban J connectivity index is 0.00000186. The summed E-state index contributed by atoms with van der Waals surface area (Å²) in [6.07, 6.45) is 5.11. The Morgan fingerprint density at radius 1 is 0.973 bits per heavy atom. The van der Waals surface area contributed by atoms with Crippen LogP contribution in [0.4, 0.5) is 10.5 Å². The van der Waals surface area contributed by atoms with Crippen molar-refractivity contribution >= 4 is 23.6 Å². The molecule has 3 aliphatic rings. The number of nitrogens with one attached hydrogen (secondary N) is 2. The molecule has 8 nitrogen and oxygen atoms in total. The van der Waals surface area contributed by atoms with Gasteiger partial charge in [-0.2, -0.15) is 0 Å². The molecule has 0 radical (unpaired) electrons. The summed E-state index contributed by atoms with van der Waals surface area (Å²) in [7, 11) is 0. The van der Waals surface area contributed by atoms with E-state index in [1.807, 2.05) is 51.7 Å². The first kappa shape index (κ1) is 29.0. The third-order valence-corrected chi connectivity index (χ3v) is 7.33. The fraction of sp³-hybridized carbons (Fsp3) is 0.690. The van der Waals surface area contributed by atoms with Crippen molar-refractivity contribution in [2.45, 2.75) is 90.7 Å². The zero-order valence-corrected chi connectivity index (χ0v) is 23.3. The zero-order chi connectivity index (χ0) is 27.0. The largest absolute Gasteiger partial charge is 0.444 e. The number of likely N-dealkylation sites (tertiary alicyclic amines) is 2. The van der Waals surface area contributed by atoms with Gasteiger partial charge in [0.15, 0.2) is 0 Å². The molecule has 4 rings (SSSR count). The minimum atomic E-state index is -0.442. The van der Waals surface area contributed by atoms with Crippen molar-refractivity contribution in [3.8, 4) is 0 Å². The summed E-state index contributed by atoms with van der Waals surface area (Å²) in [6, 6.07) is 8.08. The first-order valence-corrected chi connectivity index (χ1v) is 14.1. The highest BCUT2D eigenvalue weighted by atomic mass is 16.6. The van der Waals surface area contributed by atoms with Gasteiger partial charge in [-0.25, -0.2) is 4.79 Å². The van der Waals surface area contributed by atoms with E-state index in [2.05, 4.69) is 27.7 Å². The highest BCUT2D eigenvalue weighted by Gasteiger charge is 2.29. The zero-order valence-electron chi connectivity index (χ0n) is 23.3. The van der Waals surface area contributed by atoms with Gasteiger partial charge in [0.05, 0.1) is 0 Å². The maximum Gasteiger partial charge on any atom is 0.410 e. The Bertz CT molecular complexity index is 895. The molecule has 0 spiro atoms. The number of rotatable bonds is 5. The van der Waals surface area contributed by atoms with Crippen molar-refractivity contribution in [2.75, 3.05) is 38.0 Å². The smallest absolute Gasteiger partial charge is 0.410 e. The van der Waals surface area contributed by atoms with E-state index in [1.54, 1.807) is 0 Å². The lowest BCUT2D eigenvalue weighted by atomic mass is 9.88. The number of nitrogens with zero attached hydrogens (tertiary/aromatic N) is 2. The van der Waals surface area contributed by atoms with Crippen LogP contribution >= 0.6 is 0 Å². The molecule has 0 aromatic heterocycles. The number of anilines is 1. The molecule has 0 saturated carbocycles. The number of piperidine rings is 3. The van der Waals surface area contributed by atoms with Crippen LogP contribution in [0, 0.1) is 5.92 Å². The van der Waals surface area contributed by atoms with Gasteiger partial charge in [0.25, 0.3) is 0 Å². The molecule has 1 atom stereocenters. The van der Waals surface area contributed by atoms with Crippen molar-refractivity contribution in [1.29, 1.82) is 0 Å². The summed E-state index contributed by atoms with van der Waals surface area (Å²) in [6.45, 7) is 14.6. The van der Waals surface area contributed by atoms with Gasteiger partial charge in [-0.15, -0.1) is 0 Å². The third kappa shape index (κ3) is 8.73. The van der Waals surface area contributed by atoms with Gasteiger partial charge < -0.3 is 19.9 Å². The van der Waals surface area contributed by atoms with Crippen LogP contribution in [0.25, 0.3) is 0 Å². The maximum atomic E-state index is 12.3. The predicted octanol–water partition coefficient (Wildman–Crippen LogP) is 4.76. The van der Waals surface area contributed by atoms with Gasteiger partial charge in [-0.1, -0.05) is 26.0 Å². The molecule has 2 N–H and O–H groups in total. The van der Waals surface area contributed by atoms with Crippen LogP contribution in [0.2, 0.25) is 0 Å². The van der Waals surface area contributed by atoms with E-state index >= 15 is 0 Å². The van der Waals surface area contributed by atoms with Crippen molar-refractivity contribution in [3.63, 3.8) is 0 Å². The summed E-state index contributed by atoms with van der Waals surface area (Å²) in [5.74, 6) is 0.766. The molecule has 1 aromatic rings. The number of amides is 3. The first-order chi connectivity index (χ1) is 17.7. The molecule has 3 fully saturated rings. The average molecular weight is 515 g/mol. The van der Waals surface area contributed by atoms with E-state index in [1.165, 1.54) is 5.56 Å². The molecular formula is C29H46N4O4. The molecule has 1 unspecified atom stereocenters. The molecule has 3 amide bonds.